The van der Waals surface area contributed by atoms with Gasteiger partial charge in [0.2, 0.25) is 0 Å². The van der Waals surface area contributed by atoms with Gasteiger partial charge in [0.25, 0.3) is 0 Å². The van der Waals surface area contributed by atoms with Crippen molar-refractivity contribution in [3.63, 3.8) is 0 Å². The van der Waals surface area contributed by atoms with Crippen LogP contribution in [0.2, 0.25) is 0 Å². The Morgan fingerprint density at radius 1 is 1.46 bits per heavy atom. The van der Waals surface area contributed by atoms with Gasteiger partial charge in [-0.05, 0) is 32.2 Å². The molecule has 1 aliphatic rings. The van der Waals surface area contributed by atoms with Gasteiger partial charge in [-0.1, -0.05) is 6.92 Å². The van der Waals surface area contributed by atoms with Crippen LogP contribution in [0.5, 0.6) is 0 Å². The molecule has 0 aliphatic carbocycles. The molecule has 13 heavy (non-hydrogen) atoms. The average Bonchev–Trinajstić information content (AvgIpc) is 2.49. The second kappa shape index (κ2) is 3.96. The van der Waals surface area contributed by atoms with Gasteiger partial charge in [0.05, 0.1) is 5.75 Å². The summed E-state index contributed by atoms with van der Waals surface area (Å²) in [6.45, 7) is 3.16. The first-order valence-electron chi connectivity index (χ1n) is 4.90. The lowest BCUT2D eigenvalue weighted by Crippen LogP contribution is -2.40. The predicted octanol–water partition coefficient (Wildman–Crippen LogP) is 0.953. The maximum Gasteiger partial charge on any atom is 0.147 e. The van der Waals surface area contributed by atoms with E-state index in [0.29, 0.717) is 5.75 Å². The van der Waals surface area contributed by atoms with Crippen LogP contribution < -0.4 is 5.32 Å². The molecule has 1 fully saturated rings. The summed E-state index contributed by atoms with van der Waals surface area (Å²) in [5, 5.41) is 3.43. The van der Waals surface area contributed by atoms with Gasteiger partial charge in [-0.2, -0.15) is 0 Å². The van der Waals surface area contributed by atoms with Gasteiger partial charge in [-0.15, -0.1) is 0 Å². The summed E-state index contributed by atoms with van der Waals surface area (Å²) >= 11 is 0. The Labute approximate surface area is 80.8 Å². The lowest BCUT2D eigenvalue weighted by atomic mass is 9.91. The van der Waals surface area contributed by atoms with Crippen molar-refractivity contribution in [2.75, 3.05) is 18.6 Å². The Kier molecular flexibility index (Phi) is 3.35. The molecule has 0 saturated carbocycles. The second-order valence-electron chi connectivity index (χ2n) is 4.04. The molecule has 0 radical (unpaired) electrons. The number of hydrogen-bond donors (Lipinski definition) is 1. The molecule has 1 N–H and O–H groups in total. The monoisotopic (exact) mass is 205 g/mol. The molecule has 4 heteroatoms. The molecule has 0 aromatic carbocycles. The molecular weight excluding hydrogens is 186 g/mol. The zero-order valence-corrected chi connectivity index (χ0v) is 9.28. The summed E-state index contributed by atoms with van der Waals surface area (Å²) < 4.78 is 22.0. The van der Waals surface area contributed by atoms with Gasteiger partial charge in [0.15, 0.2) is 0 Å². The fourth-order valence-corrected chi connectivity index (χ4v) is 2.70. The van der Waals surface area contributed by atoms with Crippen molar-refractivity contribution >= 4 is 9.84 Å². The molecule has 0 aromatic heterocycles. The Hall–Kier alpha value is -0.0900. The van der Waals surface area contributed by atoms with E-state index in [4.69, 9.17) is 0 Å². The average molecular weight is 205 g/mol. The zero-order valence-electron chi connectivity index (χ0n) is 8.47. The molecule has 0 spiro atoms. The van der Waals surface area contributed by atoms with E-state index < -0.39 is 9.84 Å². The van der Waals surface area contributed by atoms with Crippen molar-refractivity contribution in [1.82, 2.24) is 5.32 Å². The minimum Gasteiger partial charge on any atom is -0.311 e. The van der Waals surface area contributed by atoms with Crippen molar-refractivity contribution in [3.8, 4) is 0 Å². The summed E-state index contributed by atoms with van der Waals surface area (Å²) in [6, 6.07) is 0. The van der Waals surface area contributed by atoms with Crippen molar-refractivity contribution in [1.29, 1.82) is 0 Å². The van der Waals surface area contributed by atoms with E-state index in [1.165, 1.54) is 12.7 Å². The number of rotatable bonds is 4. The van der Waals surface area contributed by atoms with E-state index >= 15 is 0 Å². The molecule has 0 amide bonds. The molecule has 1 aliphatic heterocycles. The van der Waals surface area contributed by atoms with Crippen molar-refractivity contribution in [2.45, 2.75) is 38.1 Å². The molecule has 3 nitrogen and oxygen atoms in total. The maximum absolute atomic E-state index is 11.0. The van der Waals surface area contributed by atoms with Crippen LogP contribution in [-0.4, -0.2) is 32.5 Å². The Morgan fingerprint density at radius 2 is 2.15 bits per heavy atom. The first-order valence-corrected chi connectivity index (χ1v) is 6.96. The van der Waals surface area contributed by atoms with Crippen molar-refractivity contribution in [2.24, 2.45) is 0 Å². The van der Waals surface area contributed by atoms with Gasteiger partial charge in [0, 0.05) is 11.8 Å². The van der Waals surface area contributed by atoms with E-state index in [1.807, 2.05) is 0 Å². The highest BCUT2D eigenvalue weighted by Gasteiger charge is 2.31. The third-order valence-corrected chi connectivity index (χ3v) is 3.91. The van der Waals surface area contributed by atoms with Gasteiger partial charge >= 0.3 is 0 Å². The highest BCUT2D eigenvalue weighted by molar-refractivity contribution is 7.90. The van der Waals surface area contributed by atoms with E-state index in [1.54, 1.807) is 0 Å². The zero-order chi connectivity index (χ0) is 9.95. The van der Waals surface area contributed by atoms with Crippen LogP contribution in [0.15, 0.2) is 0 Å². The van der Waals surface area contributed by atoms with Crippen LogP contribution in [0, 0.1) is 0 Å². The van der Waals surface area contributed by atoms with Crippen LogP contribution in [-0.2, 0) is 9.84 Å². The van der Waals surface area contributed by atoms with Crippen LogP contribution in [0.4, 0.5) is 0 Å². The quantitative estimate of drug-likeness (QED) is 0.743. The Morgan fingerprint density at radius 3 is 2.54 bits per heavy atom. The molecule has 1 atom stereocenters. The van der Waals surface area contributed by atoms with Gasteiger partial charge in [-0.25, -0.2) is 8.42 Å². The standard InChI is InChI=1S/C9H19NO2S/c1-3-9(5-4-7-10-9)6-8-13(2,11)12/h10H,3-8H2,1-2H3. The predicted molar refractivity (Wildman–Crippen MR) is 54.6 cm³/mol. The molecule has 1 saturated heterocycles. The van der Waals surface area contributed by atoms with E-state index in [9.17, 15) is 8.42 Å². The first kappa shape index (κ1) is 11.0. The van der Waals surface area contributed by atoms with Gasteiger partial charge in [0.1, 0.15) is 9.84 Å². The fraction of sp³-hybridized carbons (Fsp3) is 1.00. The highest BCUT2D eigenvalue weighted by atomic mass is 32.2. The Balaban J connectivity index is 2.50. The summed E-state index contributed by atoms with van der Waals surface area (Å²) in [4.78, 5) is 0. The molecule has 1 heterocycles. The second-order valence-corrected chi connectivity index (χ2v) is 6.30. The minimum absolute atomic E-state index is 0.114. The first-order chi connectivity index (χ1) is 5.97. The lowest BCUT2D eigenvalue weighted by molar-refractivity contribution is 0.350. The van der Waals surface area contributed by atoms with E-state index in [-0.39, 0.29) is 5.54 Å². The summed E-state index contributed by atoms with van der Waals surface area (Å²) in [7, 11) is -2.80. The largest absolute Gasteiger partial charge is 0.311 e. The third-order valence-electron chi connectivity index (χ3n) is 2.96. The highest BCUT2D eigenvalue weighted by Crippen LogP contribution is 2.26. The summed E-state index contributed by atoms with van der Waals surface area (Å²) in [5.41, 5.74) is 0.114. The number of nitrogens with one attached hydrogen (secondary N) is 1. The number of hydrogen-bond acceptors (Lipinski definition) is 3. The van der Waals surface area contributed by atoms with E-state index in [0.717, 1.165) is 25.8 Å². The molecule has 78 valence electrons. The molecule has 1 unspecified atom stereocenters. The molecular formula is C9H19NO2S. The normalized spacial score (nSPS) is 29.4. The fourth-order valence-electron chi connectivity index (χ4n) is 1.94. The lowest BCUT2D eigenvalue weighted by Gasteiger charge is -2.27. The topological polar surface area (TPSA) is 46.2 Å². The van der Waals surface area contributed by atoms with Crippen LogP contribution in [0.25, 0.3) is 0 Å². The SMILES string of the molecule is CCC1(CCS(C)(=O)=O)CCCN1. The van der Waals surface area contributed by atoms with Crippen LogP contribution in [0.3, 0.4) is 0 Å². The Bertz CT molecular complexity index is 253. The summed E-state index contributed by atoms with van der Waals surface area (Å²) in [5.74, 6) is 0.313. The molecule has 1 rings (SSSR count). The van der Waals surface area contributed by atoms with Gasteiger partial charge in [-0.3, -0.25) is 0 Å². The van der Waals surface area contributed by atoms with Crippen molar-refractivity contribution in [3.05, 3.63) is 0 Å². The smallest absolute Gasteiger partial charge is 0.147 e. The van der Waals surface area contributed by atoms with Crippen molar-refractivity contribution < 1.29 is 8.42 Å². The van der Waals surface area contributed by atoms with E-state index in [2.05, 4.69) is 12.2 Å². The van der Waals surface area contributed by atoms with Crippen LogP contribution in [0.1, 0.15) is 32.6 Å². The maximum atomic E-state index is 11.0. The third kappa shape index (κ3) is 3.27. The number of sulfone groups is 1. The van der Waals surface area contributed by atoms with Crippen LogP contribution >= 0.6 is 0 Å². The van der Waals surface area contributed by atoms with Gasteiger partial charge < -0.3 is 5.32 Å². The molecule has 0 aromatic rings. The summed E-state index contributed by atoms with van der Waals surface area (Å²) in [6.07, 6.45) is 5.41. The molecule has 0 bridgehead atoms. The minimum atomic E-state index is -2.80.